The molecule has 614 valence electrons. The Morgan fingerprint density at radius 1 is 0.219 bits per heavy atom. The van der Waals surface area contributed by atoms with Crippen molar-refractivity contribution in [3.63, 3.8) is 0 Å². The van der Waals surface area contributed by atoms with Crippen molar-refractivity contribution in [3.05, 3.63) is 143 Å². The summed E-state index contributed by atoms with van der Waals surface area (Å²) in [5, 5.41) is 0. The van der Waals surface area contributed by atoms with E-state index in [1.54, 1.807) is 0 Å². The summed E-state index contributed by atoms with van der Waals surface area (Å²) in [5.41, 5.74) is -2.08. The van der Waals surface area contributed by atoms with E-state index in [2.05, 4.69) is 9.78 Å². The Labute approximate surface area is 645 Å². The van der Waals surface area contributed by atoms with E-state index >= 15 is 0 Å². The van der Waals surface area contributed by atoms with Crippen LogP contribution in [0, 0.1) is 23.7 Å². The Morgan fingerprint density at radius 3 is 0.570 bits per heavy atom. The van der Waals surface area contributed by atoms with Gasteiger partial charge in [-0.3, -0.25) is 0 Å². The standard InChI is InChI=1S/C72H74O42/c1-85-41-13-19-55(91-7)47(29-41)61(73)103-109-67(79)97-27-25-39(35-99-69(81)111-105-63(75)49-31-43(87-3)15-21-57(49)93-9)53(37-101-71(83)113-107-65(77)51-33-45(89-5)17-23-59(51)95-11)54(38-102-72(84)114-108-66(78)52-34-46(90-6)18-24-60(52)96-12)40(36-100-70(82)112-106-64(76)50-32-44(88-4)16-22-58(50)94-10)26-28-98-68(80)110-104-62(74)48-30-42(86-2)14-20-56(48)92-8/h13-24,29-34,39-40,53-54H,25-28,35-38H2,1-12H3. The van der Waals surface area contributed by atoms with Gasteiger partial charge < -0.3 is 85.3 Å². The minimum absolute atomic E-state index is 0.0728. The van der Waals surface area contributed by atoms with E-state index in [1.807, 2.05) is 0 Å². The molecule has 0 bridgehead atoms. The summed E-state index contributed by atoms with van der Waals surface area (Å²) >= 11 is 0. The summed E-state index contributed by atoms with van der Waals surface area (Å²) in [5.74, 6) is -15.2. The third-order valence-electron chi connectivity index (χ3n) is 15.7. The van der Waals surface area contributed by atoms with Gasteiger partial charge in [-0.25, -0.2) is 87.4 Å². The molecule has 0 heterocycles. The Morgan fingerprint density at radius 2 is 0.395 bits per heavy atom. The van der Waals surface area contributed by atoms with Crippen molar-refractivity contribution >= 4 is 72.7 Å². The molecule has 42 heteroatoms. The molecule has 0 N–H and O–H groups in total. The molecule has 0 aliphatic rings. The molecule has 0 saturated carbocycles. The van der Waals surface area contributed by atoms with Gasteiger partial charge in [0.15, 0.2) is 0 Å². The third kappa shape index (κ3) is 26.3. The second-order valence-electron chi connectivity index (χ2n) is 22.0. The predicted octanol–water partition coefficient (Wildman–Crippen LogP) is 9.89. The number of carbonyl (C=O) groups excluding carboxylic acids is 12. The lowest BCUT2D eigenvalue weighted by Crippen LogP contribution is -2.41. The van der Waals surface area contributed by atoms with Crippen molar-refractivity contribution in [1.29, 1.82) is 0 Å². The van der Waals surface area contributed by atoms with Crippen molar-refractivity contribution in [1.82, 2.24) is 0 Å². The van der Waals surface area contributed by atoms with Crippen LogP contribution in [0.15, 0.2) is 109 Å². The first kappa shape index (κ1) is 88.3. The Hall–Kier alpha value is -14.6. The summed E-state index contributed by atoms with van der Waals surface area (Å²) in [6.07, 6.45) is -12.5. The fourth-order valence-corrected chi connectivity index (χ4v) is 10.0. The first-order chi connectivity index (χ1) is 54.9. The lowest BCUT2D eigenvalue weighted by atomic mass is 9.74. The van der Waals surface area contributed by atoms with Gasteiger partial charge >= 0.3 is 72.7 Å². The molecule has 0 aliphatic heterocycles. The topological polar surface area (TPSA) is 482 Å². The largest absolute Gasteiger partial charge is 0.549 e. The molecular weight excluding hydrogens is 1540 g/mol. The van der Waals surface area contributed by atoms with Gasteiger partial charge in [0.2, 0.25) is 0 Å². The summed E-state index contributed by atoms with van der Waals surface area (Å²) < 4.78 is 95.0. The maximum absolute atomic E-state index is 13.9. The zero-order valence-electron chi connectivity index (χ0n) is 62.5. The molecule has 6 aromatic carbocycles. The summed E-state index contributed by atoms with van der Waals surface area (Å²) in [7, 11) is 14.8. The maximum atomic E-state index is 13.9. The number of methoxy groups -OCH3 is 12. The average Bonchev–Trinajstić information content (AvgIpc) is 0.842. The molecule has 0 aliphatic carbocycles. The Kier molecular flexibility index (Phi) is 35.1. The number of rotatable bonds is 35. The molecule has 0 radical (unpaired) electrons. The van der Waals surface area contributed by atoms with E-state index in [9.17, 15) is 57.5 Å². The molecule has 42 nitrogen and oxygen atoms in total. The predicted molar refractivity (Wildman–Crippen MR) is 368 cm³/mol. The number of ether oxygens (including phenoxy) is 18. The normalized spacial score (nSPS) is 11.4. The van der Waals surface area contributed by atoms with Gasteiger partial charge in [-0.1, -0.05) is 0 Å². The van der Waals surface area contributed by atoms with Crippen molar-refractivity contribution in [2.24, 2.45) is 23.7 Å². The van der Waals surface area contributed by atoms with Crippen LogP contribution in [-0.4, -0.2) is 198 Å². The van der Waals surface area contributed by atoms with Gasteiger partial charge in [0.05, 0.1) is 125 Å². The van der Waals surface area contributed by atoms with Crippen molar-refractivity contribution in [2.75, 3.05) is 125 Å². The van der Waals surface area contributed by atoms with Crippen LogP contribution in [0.2, 0.25) is 0 Å². The number of benzene rings is 6. The van der Waals surface area contributed by atoms with E-state index in [0.717, 1.165) is 24.3 Å². The fourth-order valence-electron chi connectivity index (χ4n) is 10.0. The average molecular weight is 1610 g/mol. The highest BCUT2D eigenvalue weighted by atomic mass is 17.3. The van der Waals surface area contributed by atoms with Crippen LogP contribution in [0.1, 0.15) is 75.0 Å². The van der Waals surface area contributed by atoms with Gasteiger partial charge in [0.1, 0.15) is 102 Å². The Balaban J connectivity index is 1.46. The molecule has 0 saturated heterocycles. The van der Waals surface area contributed by atoms with Gasteiger partial charge in [-0.05, 0) is 122 Å². The smallest absolute Gasteiger partial charge is 0.497 e. The molecule has 0 fully saturated rings. The van der Waals surface area contributed by atoms with Crippen molar-refractivity contribution in [2.45, 2.75) is 12.8 Å². The molecule has 0 aromatic heterocycles. The van der Waals surface area contributed by atoms with E-state index in [0.29, 0.717) is 0 Å². The Bertz CT molecular complexity index is 4050. The molecule has 114 heavy (non-hydrogen) atoms. The molecule has 6 rings (SSSR count). The third-order valence-corrected chi connectivity index (χ3v) is 15.7. The monoisotopic (exact) mass is 1610 g/mol. The van der Waals surface area contributed by atoms with Crippen molar-refractivity contribution in [3.8, 4) is 69.0 Å². The highest BCUT2D eigenvalue weighted by Crippen LogP contribution is 2.37. The number of hydrogen-bond donors (Lipinski definition) is 0. The number of hydrogen-bond acceptors (Lipinski definition) is 42. The van der Waals surface area contributed by atoms with Gasteiger partial charge in [-0.2, -0.15) is 28.8 Å². The van der Waals surface area contributed by atoms with Crippen LogP contribution in [0.4, 0.5) is 28.8 Å². The van der Waals surface area contributed by atoms with E-state index in [4.69, 9.17) is 134 Å². The highest BCUT2D eigenvalue weighted by Gasteiger charge is 2.41. The van der Waals surface area contributed by atoms with Gasteiger partial charge in [-0.15, -0.1) is 0 Å². The van der Waals surface area contributed by atoms with Gasteiger partial charge in [0, 0.05) is 23.7 Å². The lowest BCUT2D eigenvalue weighted by molar-refractivity contribution is -0.212. The lowest BCUT2D eigenvalue weighted by Gasteiger charge is -2.36. The quantitative estimate of drug-likeness (QED) is 0.0154. The molecular formula is C72H74O42. The molecule has 0 amide bonds. The SMILES string of the molecule is COc1ccc(OC)c(C(=O)OOC(=O)OCCC(COC(=O)OOC(=O)c2cc(OC)ccc2OC)C(COC(=O)OOC(=O)c2cc(OC)ccc2OC)C(COC(=O)OOC(=O)c2cc(OC)ccc2OC)C(CCOC(=O)OOC(=O)c2cc(OC)ccc2OC)COC(=O)OOC(=O)c2cc(OC)ccc2OC)c1. The maximum Gasteiger partial charge on any atom is 0.549 e. The minimum atomic E-state index is -1.89. The number of carbonyl (C=O) groups is 12. The fraction of sp³-hybridized carbons (Fsp3) is 0.333. The van der Waals surface area contributed by atoms with E-state index in [1.165, 1.54) is 170 Å². The zero-order chi connectivity index (χ0) is 83.2. The molecule has 0 spiro atoms. The van der Waals surface area contributed by atoms with Gasteiger partial charge in [0.25, 0.3) is 0 Å². The first-order valence-corrected chi connectivity index (χ1v) is 32.6. The zero-order valence-corrected chi connectivity index (χ0v) is 62.5. The highest BCUT2D eigenvalue weighted by molar-refractivity contribution is 5.96. The second-order valence-corrected chi connectivity index (χ2v) is 22.0. The summed E-state index contributed by atoms with van der Waals surface area (Å²) in [6.45, 7) is -6.64. The van der Waals surface area contributed by atoms with Crippen LogP contribution in [0.25, 0.3) is 0 Å². The molecule has 6 aromatic rings. The molecule has 4 unspecified atom stereocenters. The first-order valence-electron chi connectivity index (χ1n) is 32.6. The second kappa shape index (κ2) is 45.4. The van der Waals surface area contributed by atoms with E-state index < -0.39 is 149 Å². The van der Waals surface area contributed by atoms with Crippen LogP contribution in [0.5, 0.6) is 69.0 Å². The van der Waals surface area contributed by atoms with Crippen LogP contribution >= 0.6 is 0 Å². The van der Waals surface area contributed by atoms with E-state index in [-0.39, 0.29) is 102 Å². The summed E-state index contributed by atoms with van der Waals surface area (Å²) in [4.78, 5) is 220. The molecule has 4 atom stereocenters. The minimum Gasteiger partial charge on any atom is -0.497 e. The van der Waals surface area contributed by atoms with Crippen LogP contribution in [-0.2, 0) is 87.1 Å². The van der Waals surface area contributed by atoms with Crippen LogP contribution < -0.4 is 56.8 Å². The van der Waals surface area contributed by atoms with Crippen molar-refractivity contribution < 1.29 is 201 Å². The summed E-state index contributed by atoms with van der Waals surface area (Å²) in [6, 6.07) is 23.2. The van der Waals surface area contributed by atoms with Crippen LogP contribution in [0.3, 0.4) is 0 Å².